The molecule has 3 aromatic rings. The van der Waals surface area contributed by atoms with Crippen LogP contribution in [0.3, 0.4) is 0 Å². The Hall–Kier alpha value is -3.80. The molecule has 0 saturated heterocycles. The van der Waals surface area contributed by atoms with Crippen LogP contribution in [-0.4, -0.2) is 26.0 Å². The van der Waals surface area contributed by atoms with E-state index in [1.165, 1.54) is 14.2 Å². The fourth-order valence-corrected chi connectivity index (χ4v) is 2.79. The first-order chi connectivity index (χ1) is 14.0. The molecule has 0 radical (unpaired) electrons. The van der Waals surface area contributed by atoms with E-state index in [2.05, 4.69) is 10.6 Å². The van der Waals surface area contributed by atoms with Crippen LogP contribution < -0.4 is 20.1 Å². The monoisotopic (exact) mass is 390 g/mol. The number of ether oxygens (including phenoxy) is 2. The van der Waals surface area contributed by atoms with Gasteiger partial charge in [0.25, 0.3) is 11.8 Å². The summed E-state index contributed by atoms with van der Waals surface area (Å²) >= 11 is 0. The molecule has 0 spiro atoms. The highest BCUT2D eigenvalue weighted by molar-refractivity contribution is 6.13. The van der Waals surface area contributed by atoms with Crippen molar-refractivity contribution < 1.29 is 19.1 Å². The van der Waals surface area contributed by atoms with Gasteiger partial charge in [-0.15, -0.1) is 0 Å². The van der Waals surface area contributed by atoms with Gasteiger partial charge in [-0.2, -0.15) is 0 Å². The summed E-state index contributed by atoms with van der Waals surface area (Å²) in [6.45, 7) is 1.97. The lowest BCUT2D eigenvalue weighted by Gasteiger charge is -2.16. The Balaban J connectivity index is 1.96. The van der Waals surface area contributed by atoms with E-state index in [-0.39, 0.29) is 17.4 Å². The summed E-state index contributed by atoms with van der Waals surface area (Å²) in [4.78, 5) is 25.6. The van der Waals surface area contributed by atoms with Crippen molar-refractivity contribution >= 4 is 23.2 Å². The maximum atomic E-state index is 12.9. The number of carbonyl (C=O) groups is 2. The molecule has 0 aliphatic carbocycles. The topological polar surface area (TPSA) is 76.7 Å². The number of benzene rings is 3. The zero-order valence-corrected chi connectivity index (χ0v) is 16.5. The van der Waals surface area contributed by atoms with Gasteiger partial charge >= 0.3 is 0 Å². The lowest BCUT2D eigenvalue weighted by molar-refractivity contribution is 0.102. The van der Waals surface area contributed by atoms with Crippen molar-refractivity contribution in [3.05, 3.63) is 83.4 Å². The van der Waals surface area contributed by atoms with Crippen LogP contribution in [0.5, 0.6) is 11.5 Å². The summed E-state index contributed by atoms with van der Waals surface area (Å²) in [7, 11) is 2.98. The fourth-order valence-electron chi connectivity index (χ4n) is 2.79. The summed E-state index contributed by atoms with van der Waals surface area (Å²) in [6.07, 6.45) is 0. The van der Waals surface area contributed by atoms with E-state index in [1.54, 1.807) is 36.4 Å². The molecule has 6 heteroatoms. The van der Waals surface area contributed by atoms with Gasteiger partial charge in [-0.1, -0.05) is 35.9 Å². The quantitative estimate of drug-likeness (QED) is 0.649. The highest BCUT2D eigenvalue weighted by atomic mass is 16.5. The minimum Gasteiger partial charge on any atom is -0.493 e. The number of methoxy groups -OCH3 is 2. The molecule has 3 rings (SSSR count). The lowest BCUT2D eigenvalue weighted by Crippen LogP contribution is -2.18. The van der Waals surface area contributed by atoms with Crippen LogP contribution in [0.4, 0.5) is 11.4 Å². The van der Waals surface area contributed by atoms with Gasteiger partial charge in [0.05, 0.1) is 25.5 Å². The smallest absolute Gasteiger partial charge is 0.257 e. The number of hydrogen-bond donors (Lipinski definition) is 2. The molecule has 2 amide bonds. The zero-order valence-electron chi connectivity index (χ0n) is 16.5. The average Bonchev–Trinajstić information content (AvgIpc) is 2.75. The molecule has 6 nitrogen and oxygen atoms in total. The maximum absolute atomic E-state index is 12.9. The van der Waals surface area contributed by atoms with Crippen molar-refractivity contribution in [2.45, 2.75) is 6.92 Å². The van der Waals surface area contributed by atoms with Gasteiger partial charge in [0.2, 0.25) is 0 Å². The number of nitrogens with one attached hydrogen (secondary N) is 2. The number of aryl methyl sites for hydroxylation is 1. The standard InChI is InChI=1S/C23H22N2O4/c1-15-9-11-17(12-10-15)24-23(27)18-13-20(28-2)21(29-3)14-19(18)25-22(26)16-7-5-4-6-8-16/h4-14H,1-3H3,(H,24,27)(H,25,26). The SMILES string of the molecule is COc1cc(NC(=O)c2ccccc2)c(C(=O)Nc2ccc(C)cc2)cc1OC. The summed E-state index contributed by atoms with van der Waals surface area (Å²) < 4.78 is 10.6. The van der Waals surface area contributed by atoms with Crippen molar-refractivity contribution in [3.63, 3.8) is 0 Å². The van der Waals surface area contributed by atoms with Crippen LogP contribution >= 0.6 is 0 Å². The Labute approximate surface area is 169 Å². The normalized spacial score (nSPS) is 10.2. The number of rotatable bonds is 6. The van der Waals surface area contributed by atoms with Crippen molar-refractivity contribution in [1.29, 1.82) is 0 Å². The molecule has 0 bridgehead atoms. The van der Waals surface area contributed by atoms with Gasteiger partial charge in [0.1, 0.15) is 0 Å². The van der Waals surface area contributed by atoms with Gasteiger partial charge in [-0.05, 0) is 37.3 Å². The Morgan fingerprint density at radius 1 is 0.759 bits per heavy atom. The zero-order chi connectivity index (χ0) is 20.8. The van der Waals surface area contributed by atoms with E-state index in [4.69, 9.17) is 9.47 Å². The van der Waals surface area contributed by atoms with E-state index < -0.39 is 0 Å². The first-order valence-corrected chi connectivity index (χ1v) is 9.02. The molecule has 2 N–H and O–H groups in total. The van der Waals surface area contributed by atoms with Crippen LogP contribution in [0.15, 0.2) is 66.7 Å². The Kier molecular flexibility index (Phi) is 6.14. The second kappa shape index (κ2) is 8.93. The largest absolute Gasteiger partial charge is 0.493 e. The van der Waals surface area contributed by atoms with Crippen molar-refractivity contribution in [2.75, 3.05) is 24.9 Å². The first kappa shape index (κ1) is 19.9. The van der Waals surface area contributed by atoms with E-state index >= 15 is 0 Å². The molecule has 0 fully saturated rings. The van der Waals surface area contributed by atoms with Crippen molar-refractivity contribution in [1.82, 2.24) is 0 Å². The van der Waals surface area contributed by atoms with E-state index in [0.29, 0.717) is 28.4 Å². The van der Waals surface area contributed by atoms with Crippen LogP contribution in [0.25, 0.3) is 0 Å². The summed E-state index contributed by atoms with van der Waals surface area (Å²) in [5, 5.41) is 5.63. The van der Waals surface area contributed by atoms with E-state index in [1.807, 2.05) is 37.3 Å². The van der Waals surface area contributed by atoms with E-state index in [9.17, 15) is 9.59 Å². The molecule has 0 aromatic heterocycles. The third-order valence-electron chi connectivity index (χ3n) is 4.36. The summed E-state index contributed by atoms with van der Waals surface area (Å²) in [5.74, 6) is 0.0855. The second-order valence-corrected chi connectivity index (χ2v) is 6.39. The van der Waals surface area contributed by atoms with Crippen LogP contribution in [0.1, 0.15) is 26.3 Å². The molecule has 3 aromatic carbocycles. The van der Waals surface area contributed by atoms with Crippen LogP contribution in [0.2, 0.25) is 0 Å². The molecule has 0 atom stereocenters. The molecule has 0 aliphatic rings. The highest BCUT2D eigenvalue weighted by Crippen LogP contribution is 2.34. The second-order valence-electron chi connectivity index (χ2n) is 6.39. The van der Waals surface area contributed by atoms with Crippen molar-refractivity contribution in [3.8, 4) is 11.5 Å². The van der Waals surface area contributed by atoms with E-state index in [0.717, 1.165) is 5.56 Å². The fraction of sp³-hybridized carbons (Fsp3) is 0.130. The van der Waals surface area contributed by atoms with Crippen LogP contribution in [0, 0.1) is 6.92 Å². The lowest BCUT2D eigenvalue weighted by atomic mass is 10.1. The number of anilines is 2. The Morgan fingerprint density at radius 2 is 1.38 bits per heavy atom. The molecular formula is C23H22N2O4. The first-order valence-electron chi connectivity index (χ1n) is 9.02. The minimum absolute atomic E-state index is 0.257. The predicted octanol–water partition coefficient (Wildman–Crippen LogP) is 4.52. The maximum Gasteiger partial charge on any atom is 0.257 e. The molecule has 0 saturated carbocycles. The van der Waals surface area contributed by atoms with Gasteiger partial charge in [0, 0.05) is 17.3 Å². The molecule has 29 heavy (non-hydrogen) atoms. The minimum atomic E-state index is -0.377. The molecule has 0 heterocycles. The third kappa shape index (κ3) is 4.73. The molecular weight excluding hydrogens is 368 g/mol. The van der Waals surface area contributed by atoms with Gasteiger partial charge in [0.15, 0.2) is 11.5 Å². The van der Waals surface area contributed by atoms with Gasteiger partial charge in [-0.3, -0.25) is 9.59 Å². The van der Waals surface area contributed by atoms with Crippen molar-refractivity contribution in [2.24, 2.45) is 0 Å². The molecule has 0 aliphatic heterocycles. The number of carbonyl (C=O) groups excluding carboxylic acids is 2. The average molecular weight is 390 g/mol. The van der Waals surface area contributed by atoms with Gasteiger partial charge in [-0.25, -0.2) is 0 Å². The molecule has 148 valence electrons. The Bertz CT molecular complexity index is 1020. The predicted molar refractivity (Wildman–Crippen MR) is 113 cm³/mol. The van der Waals surface area contributed by atoms with Crippen LogP contribution in [-0.2, 0) is 0 Å². The Morgan fingerprint density at radius 3 is 2.00 bits per heavy atom. The third-order valence-corrected chi connectivity index (χ3v) is 4.36. The number of amides is 2. The van der Waals surface area contributed by atoms with Gasteiger partial charge < -0.3 is 20.1 Å². The summed E-state index contributed by atoms with van der Waals surface area (Å²) in [5.41, 5.74) is 2.79. The number of hydrogen-bond acceptors (Lipinski definition) is 4. The summed E-state index contributed by atoms with van der Waals surface area (Å²) in [6, 6.07) is 19.3. The highest BCUT2D eigenvalue weighted by Gasteiger charge is 2.19. The molecule has 0 unspecified atom stereocenters.